The number of aliphatic imine (C=N–C) groups is 1. The van der Waals surface area contributed by atoms with Gasteiger partial charge in [-0.3, -0.25) is 4.79 Å². The van der Waals surface area contributed by atoms with Crippen LogP contribution in [-0.4, -0.2) is 18.0 Å². The molecular formula is C21H20N2O2. The van der Waals surface area contributed by atoms with Crippen LogP contribution in [0.1, 0.15) is 42.0 Å². The molecule has 1 amide bonds. The van der Waals surface area contributed by atoms with Gasteiger partial charge in [0.1, 0.15) is 11.6 Å². The molecular weight excluding hydrogens is 312 g/mol. The summed E-state index contributed by atoms with van der Waals surface area (Å²) >= 11 is 0. The third kappa shape index (κ3) is 2.84. The predicted molar refractivity (Wildman–Crippen MR) is 98.8 cm³/mol. The van der Waals surface area contributed by atoms with Gasteiger partial charge >= 0.3 is 0 Å². The fourth-order valence-corrected chi connectivity index (χ4v) is 3.03. The molecule has 2 heterocycles. The smallest absolute Gasteiger partial charge is 0.258 e. The van der Waals surface area contributed by atoms with E-state index in [-0.39, 0.29) is 5.91 Å². The van der Waals surface area contributed by atoms with Gasteiger partial charge < -0.3 is 10.1 Å². The van der Waals surface area contributed by atoms with E-state index in [4.69, 9.17) is 4.74 Å². The molecule has 0 saturated carbocycles. The van der Waals surface area contributed by atoms with Crippen molar-refractivity contribution in [2.24, 2.45) is 4.99 Å². The number of ether oxygens (including phenoxy) is 1. The molecule has 2 aliphatic heterocycles. The number of hydrogen-bond donors (Lipinski definition) is 1. The SMILES string of the molecule is Cc1ccc(C2=NC3Oc4ccc(C(C)C)cc4C=C3C(=O)N2)cc1. The summed E-state index contributed by atoms with van der Waals surface area (Å²) in [5.74, 6) is 1.58. The van der Waals surface area contributed by atoms with Gasteiger partial charge in [0, 0.05) is 11.1 Å². The van der Waals surface area contributed by atoms with Crippen molar-refractivity contribution in [1.29, 1.82) is 0 Å². The van der Waals surface area contributed by atoms with Crippen molar-refractivity contribution in [3.63, 3.8) is 0 Å². The highest BCUT2D eigenvalue weighted by atomic mass is 16.5. The lowest BCUT2D eigenvalue weighted by Crippen LogP contribution is -2.43. The quantitative estimate of drug-likeness (QED) is 0.909. The molecule has 2 aromatic carbocycles. The average molecular weight is 332 g/mol. The van der Waals surface area contributed by atoms with Gasteiger partial charge in [-0.05, 0) is 36.6 Å². The molecule has 4 rings (SSSR count). The number of aryl methyl sites for hydroxylation is 1. The van der Waals surface area contributed by atoms with Crippen LogP contribution in [0.2, 0.25) is 0 Å². The number of amides is 1. The van der Waals surface area contributed by atoms with Crippen molar-refractivity contribution < 1.29 is 9.53 Å². The lowest BCUT2D eigenvalue weighted by molar-refractivity contribution is -0.117. The molecule has 1 unspecified atom stereocenters. The van der Waals surface area contributed by atoms with E-state index in [2.05, 4.69) is 36.3 Å². The van der Waals surface area contributed by atoms with Gasteiger partial charge in [0.15, 0.2) is 0 Å². The molecule has 1 N–H and O–H groups in total. The van der Waals surface area contributed by atoms with E-state index in [1.165, 1.54) is 5.56 Å². The number of nitrogens with zero attached hydrogens (tertiary/aromatic N) is 1. The third-order valence-electron chi connectivity index (χ3n) is 4.58. The minimum absolute atomic E-state index is 0.156. The van der Waals surface area contributed by atoms with Gasteiger partial charge in [-0.1, -0.05) is 49.7 Å². The number of fused-ring (bicyclic) bond motifs is 2. The molecule has 1 atom stereocenters. The Morgan fingerprint density at radius 1 is 1.12 bits per heavy atom. The first-order valence-electron chi connectivity index (χ1n) is 8.49. The van der Waals surface area contributed by atoms with Gasteiger partial charge in [0.2, 0.25) is 6.23 Å². The number of rotatable bonds is 2. The molecule has 0 bridgehead atoms. The van der Waals surface area contributed by atoms with Gasteiger partial charge in [0.25, 0.3) is 5.91 Å². The number of amidine groups is 1. The van der Waals surface area contributed by atoms with Crippen LogP contribution in [0.3, 0.4) is 0 Å². The Morgan fingerprint density at radius 2 is 1.88 bits per heavy atom. The van der Waals surface area contributed by atoms with E-state index < -0.39 is 6.23 Å². The summed E-state index contributed by atoms with van der Waals surface area (Å²) in [4.78, 5) is 17.2. The number of hydrogen-bond acceptors (Lipinski definition) is 3. The van der Waals surface area contributed by atoms with Crippen LogP contribution >= 0.6 is 0 Å². The number of carbonyl (C=O) groups excluding carboxylic acids is 1. The Kier molecular flexibility index (Phi) is 3.68. The van der Waals surface area contributed by atoms with Crippen LogP contribution in [0.25, 0.3) is 6.08 Å². The number of benzene rings is 2. The highest BCUT2D eigenvalue weighted by Gasteiger charge is 2.32. The first-order valence-corrected chi connectivity index (χ1v) is 8.49. The number of carbonyl (C=O) groups is 1. The van der Waals surface area contributed by atoms with Crippen LogP contribution < -0.4 is 10.1 Å². The molecule has 2 aromatic rings. The summed E-state index contributed by atoms with van der Waals surface area (Å²) in [5, 5.41) is 2.88. The van der Waals surface area contributed by atoms with Crippen molar-refractivity contribution in [3.8, 4) is 5.75 Å². The summed E-state index contributed by atoms with van der Waals surface area (Å²) < 4.78 is 6.00. The minimum Gasteiger partial charge on any atom is -0.464 e. The summed E-state index contributed by atoms with van der Waals surface area (Å²) in [5.41, 5.74) is 4.74. The highest BCUT2D eigenvalue weighted by molar-refractivity contribution is 6.16. The van der Waals surface area contributed by atoms with E-state index in [0.29, 0.717) is 17.3 Å². The molecule has 0 radical (unpaired) electrons. The largest absolute Gasteiger partial charge is 0.464 e. The predicted octanol–water partition coefficient (Wildman–Crippen LogP) is 3.80. The normalized spacial score (nSPS) is 18.6. The monoisotopic (exact) mass is 332 g/mol. The lowest BCUT2D eigenvalue weighted by atomic mass is 9.97. The minimum atomic E-state index is -0.595. The second-order valence-corrected chi connectivity index (χ2v) is 6.82. The zero-order chi connectivity index (χ0) is 17.6. The van der Waals surface area contributed by atoms with Crippen molar-refractivity contribution >= 4 is 17.8 Å². The van der Waals surface area contributed by atoms with E-state index in [1.54, 1.807) is 0 Å². The van der Waals surface area contributed by atoms with Gasteiger partial charge in [0.05, 0.1) is 5.57 Å². The zero-order valence-electron chi connectivity index (χ0n) is 14.5. The molecule has 2 aliphatic rings. The topological polar surface area (TPSA) is 50.7 Å². The molecule has 4 nitrogen and oxygen atoms in total. The first kappa shape index (κ1) is 15.6. The molecule has 4 heteroatoms. The standard InChI is InChI=1S/C21H20N2O2/c1-12(2)15-8-9-18-16(10-15)11-17-20(24)22-19(23-21(17)25-18)14-6-4-13(3)5-7-14/h4-12,21H,1-3H3,(H,22,23,24). The average Bonchev–Trinajstić information content (AvgIpc) is 2.60. The van der Waals surface area contributed by atoms with E-state index >= 15 is 0 Å². The first-order chi connectivity index (χ1) is 12.0. The maximum Gasteiger partial charge on any atom is 0.258 e. The van der Waals surface area contributed by atoms with Crippen molar-refractivity contribution in [1.82, 2.24) is 5.32 Å². The Hall–Kier alpha value is -2.88. The Morgan fingerprint density at radius 3 is 2.60 bits per heavy atom. The summed E-state index contributed by atoms with van der Waals surface area (Å²) in [7, 11) is 0. The van der Waals surface area contributed by atoms with Gasteiger partial charge in [-0.25, -0.2) is 4.99 Å². The Bertz CT molecular complexity index is 908. The van der Waals surface area contributed by atoms with Crippen LogP contribution in [0.4, 0.5) is 0 Å². The van der Waals surface area contributed by atoms with Crippen LogP contribution in [0, 0.1) is 6.92 Å². The van der Waals surface area contributed by atoms with Crippen molar-refractivity contribution in [2.45, 2.75) is 32.9 Å². The fourth-order valence-electron chi connectivity index (χ4n) is 3.03. The van der Waals surface area contributed by atoms with Gasteiger partial charge in [-0.15, -0.1) is 0 Å². The van der Waals surface area contributed by atoms with Crippen molar-refractivity contribution in [3.05, 3.63) is 70.3 Å². The molecule has 0 saturated heterocycles. The Labute approximate surface area is 147 Å². The fraction of sp³-hybridized carbons (Fsp3) is 0.238. The maximum atomic E-state index is 12.6. The lowest BCUT2D eigenvalue weighted by Gasteiger charge is -2.28. The maximum absolute atomic E-state index is 12.6. The summed E-state index contributed by atoms with van der Waals surface area (Å²) in [6.07, 6.45) is 1.29. The molecule has 0 aromatic heterocycles. The zero-order valence-corrected chi connectivity index (χ0v) is 14.5. The van der Waals surface area contributed by atoms with Gasteiger partial charge in [-0.2, -0.15) is 0 Å². The summed E-state index contributed by atoms with van der Waals surface area (Å²) in [6, 6.07) is 14.0. The van der Waals surface area contributed by atoms with E-state index in [0.717, 1.165) is 22.4 Å². The molecule has 126 valence electrons. The second-order valence-electron chi connectivity index (χ2n) is 6.82. The summed E-state index contributed by atoms with van der Waals surface area (Å²) in [6.45, 7) is 6.32. The van der Waals surface area contributed by atoms with Crippen LogP contribution in [-0.2, 0) is 4.79 Å². The molecule has 0 aliphatic carbocycles. The third-order valence-corrected chi connectivity index (χ3v) is 4.58. The van der Waals surface area contributed by atoms with E-state index in [9.17, 15) is 4.79 Å². The van der Waals surface area contributed by atoms with Crippen LogP contribution in [0.5, 0.6) is 5.75 Å². The molecule has 0 spiro atoms. The Balaban J connectivity index is 1.72. The number of nitrogens with one attached hydrogen (secondary N) is 1. The van der Waals surface area contributed by atoms with E-state index in [1.807, 2.05) is 43.3 Å². The van der Waals surface area contributed by atoms with Crippen molar-refractivity contribution in [2.75, 3.05) is 0 Å². The highest BCUT2D eigenvalue weighted by Crippen LogP contribution is 2.34. The second kappa shape index (κ2) is 5.88. The molecule has 25 heavy (non-hydrogen) atoms. The molecule has 0 fully saturated rings. The van der Waals surface area contributed by atoms with Crippen LogP contribution in [0.15, 0.2) is 53.0 Å².